The van der Waals surface area contributed by atoms with E-state index in [1.165, 1.54) is 4.90 Å². The molecule has 0 aromatic heterocycles. The largest absolute Gasteiger partial charge is 0.510 e. The number of ketones is 2. The number of phenols is 1. The number of rotatable bonds is 3. The first kappa shape index (κ1) is 24.3. The molecule has 3 aliphatic carbocycles. The molecule has 0 unspecified atom stereocenters. The van der Waals surface area contributed by atoms with E-state index < -0.39 is 58.0 Å². The summed E-state index contributed by atoms with van der Waals surface area (Å²) < 4.78 is 5.36. The molecule has 0 bridgehead atoms. The number of phenolic OH excluding ortho intramolecular Hbond substituents is 1. The van der Waals surface area contributed by atoms with Crippen LogP contribution in [0.25, 0.3) is 0 Å². The number of ether oxygens (including phenoxy) is 1. The summed E-state index contributed by atoms with van der Waals surface area (Å²) >= 11 is 0. The van der Waals surface area contributed by atoms with Crippen LogP contribution in [0, 0.1) is 11.8 Å². The lowest BCUT2D eigenvalue weighted by Gasteiger charge is -2.50. The molecule has 0 saturated carbocycles. The van der Waals surface area contributed by atoms with Gasteiger partial charge < -0.3 is 35.8 Å². The van der Waals surface area contributed by atoms with Crippen molar-refractivity contribution in [3.63, 3.8) is 0 Å². The van der Waals surface area contributed by atoms with Gasteiger partial charge in [-0.3, -0.25) is 19.3 Å². The smallest absolute Gasteiger partial charge is 0.255 e. The van der Waals surface area contributed by atoms with Crippen LogP contribution in [0.15, 0.2) is 34.8 Å². The van der Waals surface area contributed by atoms with Crippen LogP contribution in [-0.4, -0.2) is 94.8 Å². The van der Waals surface area contributed by atoms with Crippen molar-refractivity contribution in [2.75, 3.05) is 45.3 Å². The van der Waals surface area contributed by atoms with E-state index in [1.807, 2.05) is 4.90 Å². The number of amides is 1. The van der Waals surface area contributed by atoms with Gasteiger partial charge in [0.2, 0.25) is 5.78 Å². The number of primary amides is 1. The Kier molecular flexibility index (Phi) is 5.62. The van der Waals surface area contributed by atoms with Crippen molar-refractivity contribution in [1.82, 2.24) is 4.90 Å². The number of morpholine rings is 1. The number of likely N-dealkylation sites (N-methyl/N-ethyl adjacent to an activating group) is 1. The lowest BCUT2D eigenvalue weighted by Crippen LogP contribution is -2.63. The van der Waals surface area contributed by atoms with Gasteiger partial charge in [0.05, 0.1) is 30.5 Å². The van der Waals surface area contributed by atoms with Gasteiger partial charge in [-0.2, -0.15) is 0 Å². The van der Waals surface area contributed by atoms with Crippen LogP contribution in [0.2, 0.25) is 0 Å². The van der Waals surface area contributed by atoms with Gasteiger partial charge in [0, 0.05) is 24.6 Å². The topological polar surface area (TPSA) is 174 Å². The van der Waals surface area contributed by atoms with E-state index >= 15 is 0 Å². The average molecular weight is 500 g/mol. The molecule has 1 aromatic carbocycles. The second-order valence-corrected chi connectivity index (χ2v) is 10.0. The Balaban J connectivity index is 1.66. The third-order valence-electron chi connectivity index (χ3n) is 7.93. The van der Waals surface area contributed by atoms with Gasteiger partial charge in [0.1, 0.15) is 22.8 Å². The summed E-state index contributed by atoms with van der Waals surface area (Å²) in [6.07, 6.45) is 0.337. The number of aliphatic hydroxyl groups is 3. The molecule has 1 aromatic rings. The van der Waals surface area contributed by atoms with Crippen LogP contribution < -0.4 is 10.6 Å². The van der Waals surface area contributed by atoms with E-state index in [4.69, 9.17) is 10.5 Å². The summed E-state index contributed by atoms with van der Waals surface area (Å²) in [6, 6.07) is 2.51. The van der Waals surface area contributed by atoms with Crippen molar-refractivity contribution in [3.8, 4) is 5.75 Å². The molecule has 0 radical (unpaired) electrons. The molecule has 11 nitrogen and oxygen atoms in total. The Morgan fingerprint density at radius 3 is 2.44 bits per heavy atom. The normalized spacial score (nSPS) is 30.3. The number of carbonyl (C=O) groups excluding carboxylic acids is 3. The monoisotopic (exact) mass is 499 g/mol. The van der Waals surface area contributed by atoms with Crippen LogP contribution in [0.4, 0.5) is 5.69 Å². The summed E-state index contributed by atoms with van der Waals surface area (Å²) in [5, 5.41) is 44.8. The number of hydrogen-bond acceptors (Lipinski definition) is 10. The van der Waals surface area contributed by atoms with E-state index in [9.17, 15) is 34.8 Å². The minimum absolute atomic E-state index is 0.0137. The van der Waals surface area contributed by atoms with Crippen LogP contribution in [0.1, 0.15) is 22.3 Å². The first-order valence-corrected chi connectivity index (χ1v) is 11.8. The summed E-state index contributed by atoms with van der Waals surface area (Å²) in [7, 11) is 3.19. The standard InChI is InChI=1S/C25H29N3O8/c1-27(2)18-13-10-12-9-11-3-4-14(28-5-7-36-8-6-28)19(29)15(11)20(30)16(12)22(32)25(13,35)23(33)17(21(18)31)24(26)34/h3-4,12-13,18,29,31-32,35H,5-10H2,1-2H3,(H2,26,34)/t12-,13-,18-,25+/m1/s1. The number of nitrogens with zero attached hydrogens (tertiary/aromatic N) is 2. The molecular weight excluding hydrogens is 470 g/mol. The molecule has 4 aliphatic rings. The van der Waals surface area contributed by atoms with Gasteiger partial charge in [0.25, 0.3) is 5.91 Å². The van der Waals surface area contributed by atoms with Gasteiger partial charge in [-0.05, 0) is 44.5 Å². The molecule has 11 heteroatoms. The zero-order valence-electron chi connectivity index (χ0n) is 20.0. The number of anilines is 1. The van der Waals surface area contributed by atoms with Crippen molar-refractivity contribution in [2.45, 2.75) is 24.5 Å². The summed E-state index contributed by atoms with van der Waals surface area (Å²) in [4.78, 5) is 42.5. The molecule has 6 N–H and O–H groups in total. The Labute approximate surface area is 207 Å². The van der Waals surface area contributed by atoms with E-state index in [-0.39, 0.29) is 29.7 Å². The molecule has 0 spiro atoms. The maximum absolute atomic E-state index is 13.7. The first-order valence-electron chi connectivity index (χ1n) is 11.8. The quantitative estimate of drug-likeness (QED) is 0.355. The second-order valence-electron chi connectivity index (χ2n) is 10.0. The number of hydrogen-bond donors (Lipinski definition) is 5. The fraction of sp³-hybridized carbons (Fsp3) is 0.480. The van der Waals surface area contributed by atoms with Gasteiger partial charge in [-0.15, -0.1) is 0 Å². The molecule has 4 atom stereocenters. The van der Waals surface area contributed by atoms with Gasteiger partial charge in [0.15, 0.2) is 11.4 Å². The predicted molar refractivity (Wildman–Crippen MR) is 127 cm³/mol. The Morgan fingerprint density at radius 1 is 1.17 bits per heavy atom. The molecular formula is C25H29N3O8. The molecule has 1 saturated heterocycles. The molecule has 1 heterocycles. The van der Waals surface area contributed by atoms with Crippen LogP contribution in [0.3, 0.4) is 0 Å². The highest BCUT2D eigenvalue weighted by Crippen LogP contribution is 2.52. The fourth-order valence-electron chi connectivity index (χ4n) is 6.27. The second kappa shape index (κ2) is 8.32. The number of aromatic hydroxyl groups is 1. The number of benzene rings is 1. The third-order valence-corrected chi connectivity index (χ3v) is 7.93. The molecule has 192 valence electrons. The van der Waals surface area contributed by atoms with E-state index in [0.29, 0.717) is 37.6 Å². The minimum Gasteiger partial charge on any atom is -0.510 e. The molecule has 1 aliphatic heterocycles. The number of carbonyl (C=O) groups is 3. The minimum atomic E-state index is -2.64. The van der Waals surface area contributed by atoms with Crippen LogP contribution >= 0.6 is 0 Å². The number of fused-ring (bicyclic) bond motifs is 3. The van der Waals surface area contributed by atoms with Crippen molar-refractivity contribution >= 4 is 23.2 Å². The number of aliphatic hydroxyl groups excluding tert-OH is 2. The first-order chi connectivity index (χ1) is 17.0. The highest BCUT2D eigenvalue weighted by atomic mass is 16.5. The Morgan fingerprint density at radius 2 is 1.83 bits per heavy atom. The van der Waals surface area contributed by atoms with E-state index in [0.717, 1.165) is 0 Å². The highest BCUT2D eigenvalue weighted by Gasteiger charge is 2.63. The Bertz CT molecular complexity index is 1250. The number of allylic oxidation sites excluding steroid dienone is 1. The highest BCUT2D eigenvalue weighted by molar-refractivity contribution is 6.24. The van der Waals surface area contributed by atoms with E-state index in [1.54, 1.807) is 26.2 Å². The zero-order valence-corrected chi connectivity index (χ0v) is 20.0. The van der Waals surface area contributed by atoms with Crippen molar-refractivity contribution in [3.05, 3.63) is 45.9 Å². The number of Topliss-reactive ketones (excluding diaryl/α,β-unsaturated/α-hetero) is 2. The lowest BCUT2D eigenvalue weighted by atomic mass is 9.58. The third kappa shape index (κ3) is 3.19. The summed E-state index contributed by atoms with van der Waals surface area (Å²) in [6.45, 7) is 2.02. The maximum atomic E-state index is 13.7. The predicted octanol–water partition coefficient (Wildman–Crippen LogP) is -0.0428. The fourth-order valence-corrected chi connectivity index (χ4v) is 6.27. The Hall–Kier alpha value is -3.41. The van der Waals surface area contributed by atoms with Crippen LogP contribution in [0.5, 0.6) is 5.75 Å². The summed E-state index contributed by atoms with van der Waals surface area (Å²) in [5.41, 5.74) is 2.79. The van der Waals surface area contributed by atoms with Crippen molar-refractivity contribution in [1.29, 1.82) is 0 Å². The van der Waals surface area contributed by atoms with Crippen molar-refractivity contribution in [2.24, 2.45) is 17.6 Å². The average Bonchev–Trinajstić information content (AvgIpc) is 2.81. The molecule has 1 amide bonds. The number of nitrogens with two attached hydrogens (primary N) is 1. The molecule has 36 heavy (non-hydrogen) atoms. The maximum Gasteiger partial charge on any atom is 0.255 e. The van der Waals surface area contributed by atoms with Gasteiger partial charge >= 0.3 is 0 Å². The lowest BCUT2D eigenvalue weighted by molar-refractivity contribution is -0.148. The van der Waals surface area contributed by atoms with Crippen LogP contribution in [-0.2, 0) is 20.7 Å². The SMILES string of the molecule is CN(C)[C@H]1C(O)=C(C(N)=O)C(=O)[C@@]2(O)C(O)=C3C(=O)c4c(ccc(N5CCOCC5)c4O)C[C@@H]3C[C@H]12. The van der Waals surface area contributed by atoms with E-state index in [2.05, 4.69) is 0 Å². The molecule has 5 rings (SSSR count). The zero-order chi connectivity index (χ0) is 26.1. The molecule has 1 fully saturated rings. The summed E-state index contributed by atoms with van der Waals surface area (Å²) in [5.74, 6) is -6.48. The van der Waals surface area contributed by atoms with Crippen molar-refractivity contribution < 1.29 is 39.5 Å². The van der Waals surface area contributed by atoms with Gasteiger partial charge in [-0.1, -0.05) is 6.07 Å². The van der Waals surface area contributed by atoms with Gasteiger partial charge in [-0.25, -0.2) is 0 Å².